The first-order chi connectivity index (χ1) is 58.6. The molecule has 9 aromatic heterocycles. The first-order valence-electron chi connectivity index (χ1n) is 40.9. The van der Waals surface area contributed by atoms with Crippen molar-refractivity contribution in [1.82, 2.24) is 72.9 Å². The van der Waals surface area contributed by atoms with Crippen LogP contribution in [0.15, 0.2) is 213 Å². The molecule has 5 aromatic carbocycles. The zero-order chi connectivity index (χ0) is 85.0. The molecule has 0 bridgehead atoms. The summed E-state index contributed by atoms with van der Waals surface area (Å²) in [5, 5.41) is 29.1. The zero-order valence-corrected chi connectivity index (χ0v) is 72.4. The Morgan fingerprint density at radius 2 is 0.877 bits per heavy atom. The van der Waals surface area contributed by atoms with Gasteiger partial charge in [-0.1, -0.05) is 160 Å². The minimum Gasteiger partial charge on any atom is -0.383 e. The third-order valence-corrected chi connectivity index (χ3v) is 22.7. The molecule has 3 unspecified atom stereocenters. The van der Waals surface area contributed by atoms with Crippen molar-refractivity contribution in [2.45, 2.75) is 124 Å². The number of fused-ring (bicyclic) bond motifs is 3. The van der Waals surface area contributed by atoms with Gasteiger partial charge in [-0.05, 0) is 184 Å². The molecular formula is C95H102ClN17O8S. The van der Waals surface area contributed by atoms with E-state index in [1.807, 2.05) is 128 Å². The second-order valence-electron chi connectivity index (χ2n) is 31.2. The number of hydrogen-bond donors (Lipinski definition) is 2. The summed E-state index contributed by atoms with van der Waals surface area (Å²) >= 11 is 6.18. The minimum absolute atomic E-state index is 0. The predicted molar refractivity (Wildman–Crippen MR) is 488 cm³/mol. The molecule has 4 aliphatic heterocycles. The average molecular weight is 1680 g/mol. The largest absolute Gasteiger partial charge is 0.383 e. The van der Waals surface area contributed by atoms with Crippen molar-refractivity contribution in [3.63, 3.8) is 0 Å². The Labute approximate surface area is 720 Å². The van der Waals surface area contributed by atoms with Gasteiger partial charge in [0.25, 0.3) is 27.8 Å². The third kappa shape index (κ3) is 20.1. The standard InChI is InChI=1S/C25H28N6O.2C19H21N3O2.C18H17ClN2O2.C14H13N3O.H2S/c1-17-5-7-18(8-6-17)22-13-19-14-27-31(25(32)24(19)29(22)4)20-9-10-23(26-15-20)30-12-11-21(16-30)28(2)3;1-13-6-8-14(9-7-13)16-11-15-12-20-22(17-5-3-4-10-24-17)19(23)18(15)21(16)2;1-14-6-8-15(9-7-14)10-11-16-13-21-22(19(23)18(16)20-2)17-5-3-4-12-24-17;1-13-5-7-14(8-6-13)9-10-15-12-20-21(18(22)17(15)19)16-4-2-3-11-23-16;1-9-3-5-10(6-4-9)12-7-11-8-15-16-14(18)13(11)17(12)2;/h5-10,13-15,21H,11-12,16H2,1-4H3;6-9,11-12,17H,3-5,10H2,1-2H3;6-9,13,17,20H,3-5,12H2,1-2H3;5-8,12,16H,2-4,11H2,1H3;3-8H,1-2H3,(H,16,18);1H2/t21-;;;;;/m0...../s1. The van der Waals surface area contributed by atoms with Gasteiger partial charge in [-0.2, -0.15) is 57.7 Å². The van der Waals surface area contributed by atoms with Crippen LogP contribution in [0.1, 0.15) is 133 Å². The van der Waals surface area contributed by atoms with Crippen molar-refractivity contribution in [2.75, 3.05) is 64.3 Å². The Morgan fingerprint density at radius 1 is 0.459 bits per heavy atom. The second kappa shape index (κ2) is 39.8. The number of aromatic nitrogens is 14. The second-order valence-corrected chi connectivity index (χ2v) is 31.6. The highest BCUT2D eigenvalue weighted by Crippen LogP contribution is 2.32. The van der Waals surface area contributed by atoms with E-state index in [1.165, 1.54) is 52.7 Å². The van der Waals surface area contributed by atoms with Crippen LogP contribution >= 0.6 is 25.1 Å². The van der Waals surface area contributed by atoms with E-state index in [4.69, 9.17) is 25.8 Å². The van der Waals surface area contributed by atoms with Crippen LogP contribution in [0.3, 0.4) is 0 Å². The molecule has 14 aromatic rings. The fourth-order valence-corrected chi connectivity index (χ4v) is 15.4. The van der Waals surface area contributed by atoms with Crippen molar-refractivity contribution in [3.05, 3.63) is 296 Å². The molecule has 4 saturated heterocycles. The number of aryl methyl sites for hydroxylation is 8. The Kier molecular flexibility index (Phi) is 28.5. The summed E-state index contributed by atoms with van der Waals surface area (Å²) in [6, 6.07) is 51.2. The molecule has 0 radical (unpaired) electrons. The molecule has 27 heteroatoms. The number of aromatic amines is 1. The van der Waals surface area contributed by atoms with Crippen LogP contribution in [-0.2, 0) is 35.4 Å². The van der Waals surface area contributed by atoms with Gasteiger partial charge in [0.2, 0.25) is 0 Å². The highest BCUT2D eigenvalue weighted by Gasteiger charge is 2.27. The fraction of sp³-hybridized carbons (Fsp3) is 0.316. The molecule has 628 valence electrons. The summed E-state index contributed by atoms with van der Waals surface area (Å²) in [6.07, 6.45) is 19.0. The topological polar surface area (TPSA) is 259 Å². The summed E-state index contributed by atoms with van der Waals surface area (Å²) in [5.74, 6) is 13.0. The maximum Gasteiger partial charge on any atom is 0.296 e. The molecule has 0 saturated carbocycles. The average Bonchev–Trinajstić information content (AvgIpc) is 1.61. The maximum atomic E-state index is 13.3. The first-order valence-corrected chi connectivity index (χ1v) is 41.3. The normalized spacial score (nSPS) is 16.1. The van der Waals surface area contributed by atoms with E-state index < -0.39 is 0 Å². The molecule has 0 aliphatic carbocycles. The van der Waals surface area contributed by atoms with Crippen LogP contribution in [0.4, 0.5) is 11.5 Å². The molecule has 0 spiro atoms. The Hall–Kier alpha value is -12.5. The van der Waals surface area contributed by atoms with Crippen LogP contribution in [0.25, 0.3) is 72.2 Å². The van der Waals surface area contributed by atoms with Crippen LogP contribution in [0.5, 0.6) is 0 Å². The van der Waals surface area contributed by atoms with Crippen molar-refractivity contribution in [2.24, 2.45) is 21.1 Å². The van der Waals surface area contributed by atoms with Gasteiger partial charge in [0.15, 0.2) is 18.7 Å². The molecule has 0 amide bonds. The molecule has 13 heterocycles. The number of rotatable bonds is 10. The van der Waals surface area contributed by atoms with E-state index in [0.29, 0.717) is 64.9 Å². The molecule has 25 nitrogen and oxygen atoms in total. The molecule has 4 aliphatic rings. The van der Waals surface area contributed by atoms with Crippen LogP contribution < -0.4 is 38.0 Å². The number of pyridine rings is 1. The monoisotopic (exact) mass is 1680 g/mol. The lowest BCUT2D eigenvalue weighted by Gasteiger charge is -2.23. The van der Waals surface area contributed by atoms with Gasteiger partial charge >= 0.3 is 0 Å². The van der Waals surface area contributed by atoms with E-state index >= 15 is 0 Å². The summed E-state index contributed by atoms with van der Waals surface area (Å²) in [4.78, 5) is 72.3. The van der Waals surface area contributed by atoms with Gasteiger partial charge in [0.05, 0.1) is 54.0 Å². The SMILES string of the molecule is CNc1c(C#Cc2ccc(C)cc2)cnn(C2CCCCO2)c1=O.Cc1ccc(-c2cc3cn[nH]c(=O)c3n2C)cc1.Cc1ccc(-c2cc3cnn(-c4ccc(N5CC[C@H](N(C)C)C5)nc4)c(=O)c3n2C)cc1.Cc1ccc(-c2cc3cnn(C4CCCCO4)c(=O)c3n2C)cc1.Cc1ccc(C#Cc2cnn(C3CCCCO3)c(=O)c2Cl)cc1.S. The number of nitrogens with one attached hydrogen (secondary N) is 2. The van der Waals surface area contributed by atoms with Crippen LogP contribution in [0.2, 0.25) is 5.02 Å². The highest BCUT2D eigenvalue weighted by atomic mass is 35.5. The molecular weight excluding hydrogens is 1570 g/mol. The van der Waals surface area contributed by atoms with Gasteiger partial charge in [0.1, 0.15) is 33.1 Å². The van der Waals surface area contributed by atoms with E-state index in [0.717, 1.165) is 144 Å². The van der Waals surface area contributed by atoms with E-state index in [1.54, 1.807) is 38.0 Å². The van der Waals surface area contributed by atoms with Gasteiger partial charge in [-0.3, -0.25) is 24.0 Å². The fourth-order valence-electron chi connectivity index (χ4n) is 15.3. The predicted octanol–water partition coefficient (Wildman–Crippen LogP) is 15.0. The van der Waals surface area contributed by atoms with Gasteiger partial charge in [-0.15, -0.1) is 0 Å². The van der Waals surface area contributed by atoms with Crippen molar-refractivity contribution in [3.8, 4) is 63.1 Å². The van der Waals surface area contributed by atoms with Gasteiger partial charge in [-0.25, -0.2) is 10.1 Å². The smallest absolute Gasteiger partial charge is 0.296 e. The summed E-state index contributed by atoms with van der Waals surface area (Å²) in [7, 11) is 11.7. The number of H-pyrrole nitrogens is 1. The first kappa shape index (κ1) is 87.3. The number of halogens is 1. The lowest BCUT2D eigenvalue weighted by molar-refractivity contribution is -0.0425. The van der Waals surface area contributed by atoms with Crippen molar-refractivity contribution < 1.29 is 14.2 Å². The lowest BCUT2D eigenvalue weighted by atomic mass is 10.1. The minimum atomic E-state index is -0.353. The number of likely N-dealkylation sites (N-methyl/N-ethyl adjacent to an activating group) is 1. The number of ether oxygens (including phenoxy) is 3. The van der Waals surface area contributed by atoms with Crippen molar-refractivity contribution >= 4 is 69.3 Å². The summed E-state index contributed by atoms with van der Waals surface area (Å²) in [5.41, 5.74) is 17.3. The molecule has 4 fully saturated rings. The maximum absolute atomic E-state index is 13.3. The van der Waals surface area contributed by atoms with Gasteiger partial charge < -0.3 is 43.0 Å². The lowest BCUT2D eigenvalue weighted by Crippen LogP contribution is -2.32. The Morgan fingerprint density at radius 3 is 1.31 bits per heavy atom. The van der Waals surface area contributed by atoms with E-state index in [9.17, 15) is 24.0 Å². The Bertz CT molecular complexity index is 6470. The quantitative estimate of drug-likeness (QED) is 0.121. The molecule has 4 atom stereocenters. The number of anilines is 2. The zero-order valence-electron chi connectivity index (χ0n) is 70.7. The number of benzene rings is 5. The van der Waals surface area contributed by atoms with E-state index in [2.05, 4.69) is 182 Å². The molecule has 2 N–H and O–H groups in total. The summed E-state index contributed by atoms with van der Waals surface area (Å²) in [6.45, 7) is 14.2. The van der Waals surface area contributed by atoms with Gasteiger partial charge in [0, 0.05) is 112 Å². The molecule has 122 heavy (non-hydrogen) atoms. The summed E-state index contributed by atoms with van der Waals surface area (Å²) < 4.78 is 28.5. The molecule has 18 rings (SSSR count). The number of hydrogen-bond acceptors (Lipinski definition) is 17. The van der Waals surface area contributed by atoms with E-state index in [-0.39, 0.29) is 65.0 Å². The Balaban J connectivity index is 0.000000133. The number of nitrogens with zero attached hydrogens (tertiary/aromatic N) is 15. The third-order valence-electron chi connectivity index (χ3n) is 22.3. The highest BCUT2D eigenvalue weighted by molar-refractivity contribution is 7.59. The van der Waals surface area contributed by atoms with Crippen molar-refractivity contribution in [1.29, 1.82) is 0 Å². The van der Waals surface area contributed by atoms with Crippen LogP contribution in [0, 0.1) is 58.3 Å². The van der Waals surface area contributed by atoms with Crippen LogP contribution in [-0.4, -0.2) is 133 Å².